The SMILES string of the molecule is O=C(CCC(NC(=O)COc1ccc(Cl)c(F)c1)C1CCC1)NCCOc1ccc(Cl)c(F)c1. The predicted octanol–water partition coefficient (Wildman–Crippen LogP) is 4.91. The molecule has 0 aromatic heterocycles. The van der Waals surface area contributed by atoms with Crippen LogP contribution in [0.1, 0.15) is 32.1 Å². The molecule has 2 amide bonds. The first-order chi connectivity index (χ1) is 16.3. The molecule has 1 saturated carbocycles. The maximum Gasteiger partial charge on any atom is 0.258 e. The molecule has 0 bridgehead atoms. The Bertz CT molecular complexity index is 1000. The molecule has 184 valence electrons. The van der Waals surface area contributed by atoms with E-state index in [1.807, 2.05) is 0 Å². The van der Waals surface area contributed by atoms with Gasteiger partial charge in [0, 0.05) is 24.6 Å². The van der Waals surface area contributed by atoms with Crippen molar-refractivity contribution in [3.05, 3.63) is 58.1 Å². The highest BCUT2D eigenvalue weighted by Gasteiger charge is 2.29. The molecule has 6 nitrogen and oxygen atoms in total. The first-order valence-electron chi connectivity index (χ1n) is 11.0. The van der Waals surface area contributed by atoms with E-state index in [4.69, 9.17) is 32.7 Å². The van der Waals surface area contributed by atoms with Gasteiger partial charge in [0.25, 0.3) is 5.91 Å². The minimum atomic E-state index is -0.622. The second-order valence-electron chi connectivity index (χ2n) is 8.04. The van der Waals surface area contributed by atoms with Gasteiger partial charge in [-0.3, -0.25) is 9.59 Å². The summed E-state index contributed by atoms with van der Waals surface area (Å²) in [5, 5.41) is 5.68. The van der Waals surface area contributed by atoms with Crippen molar-refractivity contribution in [2.75, 3.05) is 19.8 Å². The minimum Gasteiger partial charge on any atom is -0.492 e. The van der Waals surface area contributed by atoms with Crippen molar-refractivity contribution >= 4 is 35.0 Å². The third kappa shape index (κ3) is 8.02. The van der Waals surface area contributed by atoms with Crippen molar-refractivity contribution in [3.8, 4) is 11.5 Å². The van der Waals surface area contributed by atoms with Crippen molar-refractivity contribution in [3.63, 3.8) is 0 Å². The molecule has 3 rings (SSSR count). The zero-order valence-corrected chi connectivity index (χ0v) is 19.9. The molecule has 1 unspecified atom stereocenters. The van der Waals surface area contributed by atoms with Gasteiger partial charge >= 0.3 is 0 Å². The number of rotatable bonds is 12. The lowest BCUT2D eigenvalue weighted by molar-refractivity contribution is -0.125. The second kappa shape index (κ2) is 12.8. The van der Waals surface area contributed by atoms with Crippen LogP contribution in [0.15, 0.2) is 36.4 Å². The molecule has 34 heavy (non-hydrogen) atoms. The fraction of sp³-hybridized carbons (Fsp3) is 0.417. The van der Waals surface area contributed by atoms with E-state index in [2.05, 4.69) is 10.6 Å². The average Bonchev–Trinajstić information content (AvgIpc) is 2.77. The number of carbonyl (C=O) groups is 2. The number of benzene rings is 2. The summed E-state index contributed by atoms with van der Waals surface area (Å²) < 4.78 is 37.6. The third-order valence-electron chi connectivity index (χ3n) is 5.59. The molecule has 1 fully saturated rings. The summed E-state index contributed by atoms with van der Waals surface area (Å²) in [6, 6.07) is 7.95. The summed E-state index contributed by atoms with van der Waals surface area (Å²) in [7, 11) is 0. The lowest BCUT2D eigenvalue weighted by atomic mass is 9.78. The zero-order chi connectivity index (χ0) is 24.5. The van der Waals surface area contributed by atoms with Crippen LogP contribution in [-0.2, 0) is 9.59 Å². The lowest BCUT2D eigenvalue weighted by Gasteiger charge is -2.34. The highest BCUT2D eigenvalue weighted by atomic mass is 35.5. The van der Waals surface area contributed by atoms with Gasteiger partial charge in [-0.25, -0.2) is 8.78 Å². The van der Waals surface area contributed by atoms with Crippen LogP contribution < -0.4 is 20.1 Å². The standard InChI is InChI=1S/C24H26Cl2F2N2O4/c25-18-6-4-16(12-20(18)27)33-11-10-29-23(31)9-8-22(15-2-1-3-15)30-24(32)14-34-17-5-7-19(26)21(28)13-17/h4-7,12-13,15,22H,1-3,8-11,14H2,(H,29,31)(H,30,32). The van der Waals surface area contributed by atoms with Gasteiger partial charge in [-0.15, -0.1) is 0 Å². The molecule has 1 atom stereocenters. The van der Waals surface area contributed by atoms with Gasteiger partial charge in [0.15, 0.2) is 6.61 Å². The van der Waals surface area contributed by atoms with Crippen molar-refractivity contribution in [1.29, 1.82) is 0 Å². The number of hydrogen-bond acceptors (Lipinski definition) is 4. The number of amides is 2. The summed E-state index contributed by atoms with van der Waals surface area (Å²) in [6.45, 7) is 0.173. The third-order valence-corrected chi connectivity index (χ3v) is 6.21. The molecule has 0 aliphatic heterocycles. The summed E-state index contributed by atoms with van der Waals surface area (Å²) in [4.78, 5) is 24.6. The average molecular weight is 515 g/mol. The maximum atomic E-state index is 13.5. The number of halogens is 4. The molecule has 0 spiro atoms. The van der Waals surface area contributed by atoms with Crippen LogP contribution in [0.3, 0.4) is 0 Å². The Kier molecular flexibility index (Phi) is 9.77. The van der Waals surface area contributed by atoms with Gasteiger partial charge in [0.05, 0.1) is 16.6 Å². The first-order valence-corrected chi connectivity index (χ1v) is 11.8. The maximum absolute atomic E-state index is 13.5. The van der Waals surface area contributed by atoms with E-state index in [1.165, 1.54) is 24.3 Å². The topological polar surface area (TPSA) is 76.7 Å². The Morgan fingerprint density at radius 3 is 2.15 bits per heavy atom. The van der Waals surface area contributed by atoms with Gasteiger partial charge in [0.2, 0.25) is 5.91 Å². The lowest BCUT2D eigenvalue weighted by Crippen LogP contribution is -2.45. The van der Waals surface area contributed by atoms with Gasteiger partial charge in [0.1, 0.15) is 29.7 Å². The zero-order valence-electron chi connectivity index (χ0n) is 18.4. The summed E-state index contributed by atoms with van der Waals surface area (Å²) in [5.74, 6) is -0.851. The summed E-state index contributed by atoms with van der Waals surface area (Å²) in [5.41, 5.74) is 0. The van der Waals surface area contributed by atoms with Crippen LogP contribution in [0.5, 0.6) is 11.5 Å². The van der Waals surface area contributed by atoms with E-state index in [0.29, 0.717) is 18.1 Å². The van der Waals surface area contributed by atoms with E-state index in [1.54, 1.807) is 6.07 Å². The molecule has 2 N–H and O–H groups in total. The summed E-state index contributed by atoms with van der Waals surface area (Å²) >= 11 is 11.3. The molecule has 1 aliphatic rings. The van der Waals surface area contributed by atoms with E-state index in [0.717, 1.165) is 25.3 Å². The molecule has 1 aliphatic carbocycles. The van der Waals surface area contributed by atoms with Gasteiger partial charge in [-0.05, 0) is 49.4 Å². The van der Waals surface area contributed by atoms with Gasteiger partial charge in [-0.1, -0.05) is 29.6 Å². The van der Waals surface area contributed by atoms with Crippen LogP contribution in [0.2, 0.25) is 10.0 Å². The number of hydrogen-bond donors (Lipinski definition) is 2. The number of ether oxygens (including phenoxy) is 2. The van der Waals surface area contributed by atoms with Crippen LogP contribution in [0, 0.1) is 17.6 Å². The molecule has 0 heterocycles. The summed E-state index contributed by atoms with van der Waals surface area (Å²) in [6.07, 6.45) is 3.79. The quantitative estimate of drug-likeness (QED) is 0.394. The highest BCUT2D eigenvalue weighted by Crippen LogP contribution is 2.31. The van der Waals surface area contributed by atoms with E-state index >= 15 is 0 Å². The predicted molar refractivity (Wildman–Crippen MR) is 125 cm³/mol. The first kappa shape index (κ1) is 26.0. The van der Waals surface area contributed by atoms with Crippen LogP contribution in [-0.4, -0.2) is 37.6 Å². The van der Waals surface area contributed by atoms with Crippen molar-refractivity contribution in [2.24, 2.45) is 5.92 Å². The fourth-order valence-electron chi connectivity index (χ4n) is 3.53. The smallest absolute Gasteiger partial charge is 0.258 e. The molecule has 2 aromatic carbocycles. The van der Waals surface area contributed by atoms with Gasteiger partial charge < -0.3 is 20.1 Å². The van der Waals surface area contributed by atoms with E-state index < -0.39 is 11.6 Å². The molecule has 0 saturated heterocycles. The Hall–Kier alpha value is -2.58. The van der Waals surface area contributed by atoms with Crippen LogP contribution >= 0.6 is 23.2 Å². The molecule has 0 radical (unpaired) electrons. The number of nitrogens with one attached hydrogen (secondary N) is 2. The Balaban J connectivity index is 1.37. The van der Waals surface area contributed by atoms with Crippen molar-refractivity contribution < 1.29 is 27.8 Å². The van der Waals surface area contributed by atoms with E-state index in [-0.39, 0.29) is 59.8 Å². The minimum absolute atomic E-state index is 0.0131. The van der Waals surface area contributed by atoms with E-state index in [9.17, 15) is 18.4 Å². The number of carbonyl (C=O) groups excluding carboxylic acids is 2. The highest BCUT2D eigenvalue weighted by molar-refractivity contribution is 6.31. The molecular formula is C24H26Cl2F2N2O4. The molecule has 10 heteroatoms. The molecule has 2 aromatic rings. The van der Waals surface area contributed by atoms with Crippen molar-refractivity contribution in [1.82, 2.24) is 10.6 Å². The van der Waals surface area contributed by atoms with Crippen LogP contribution in [0.25, 0.3) is 0 Å². The Morgan fingerprint density at radius 1 is 0.971 bits per heavy atom. The molecular weight excluding hydrogens is 489 g/mol. The normalized spacial score (nSPS) is 14.1. The van der Waals surface area contributed by atoms with Crippen LogP contribution in [0.4, 0.5) is 8.78 Å². The Labute approximate surface area is 206 Å². The fourth-order valence-corrected chi connectivity index (χ4v) is 3.77. The van der Waals surface area contributed by atoms with Crippen molar-refractivity contribution in [2.45, 2.75) is 38.1 Å². The Morgan fingerprint density at radius 2 is 1.59 bits per heavy atom. The largest absolute Gasteiger partial charge is 0.492 e. The monoisotopic (exact) mass is 514 g/mol. The van der Waals surface area contributed by atoms with Gasteiger partial charge in [-0.2, -0.15) is 0 Å². The second-order valence-corrected chi connectivity index (χ2v) is 8.86.